The van der Waals surface area contributed by atoms with Gasteiger partial charge in [-0.15, -0.1) is 6.58 Å². The summed E-state index contributed by atoms with van der Waals surface area (Å²) in [5.41, 5.74) is 0. The Balaban J connectivity index is 3.41. The molecular formula is C13H24Br2O2S. The van der Waals surface area contributed by atoms with Crippen LogP contribution in [0.3, 0.4) is 0 Å². The van der Waals surface area contributed by atoms with Gasteiger partial charge in [0, 0.05) is 4.83 Å². The van der Waals surface area contributed by atoms with Gasteiger partial charge in [0.1, 0.15) is 4.66 Å². The van der Waals surface area contributed by atoms with E-state index in [1.54, 1.807) is 0 Å². The molecule has 0 aromatic heterocycles. The van der Waals surface area contributed by atoms with Gasteiger partial charge < -0.3 is 0 Å². The molecular weight excluding hydrogens is 380 g/mol. The van der Waals surface area contributed by atoms with Crippen molar-refractivity contribution in [3.8, 4) is 0 Å². The number of alkyl halides is 2. The number of rotatable bonds is 12. The maximum atomic E-state index is 11.4. The Labute approximate surface area is 129 Å². The van der Waals surface area contributed by atoms with Crippen molar-refractivity contribution in [3.05, 3.63) is 12.7 Å². The molecule has 18 heavy (non-hydrogen) atoms. The maximum Gasteiger partial charge on any atom is 0.161 e. The molecule has 2 nitrogen and oxygen atoms in total. The highest BCUT2D eigenvalue weighted by Gasteiger charge is 2.15. The van der Waals surface area contributed by atoms with Crippen molar-refractivity contribution in [2.24, 2.45) is 0 Å². The van der Waals surface area contributed by atoms with Crippen LogP contribution in [-0.4, -0.2) is 23.7 Å². The summed E-state index contributed by atoms with van der Waals surface area (Å²) >= 11 is 6.45. The molecule has 0 N–H and O–H groups in total. The number of halogens is 2. The predicted octanol–water partition coefficient (Wildman–Crippen LogP) is 4.82. The fourth-order valence-electron chi connectivity index (χ4n) is 1.77. The molecule has 5 heteroatoms. The van der Waals surface area contributed by atoms with Gasteiger partial charge in [0.2, 0.25) is 0 Å². The third kappa shape index (κ3) is 11.7. The Bertz CT molecular complexity index is 302. The molecule has 0 aliphatic carbocycles. The molecule has 1 atom stereocenters. The normalized spacial score (nSPS) is 13.4. The minimum atomic E-state index is -2.92. The van der Waals surface area contributed by atoms with E-state index < -0.39 is 9.84 Å². The lowest BCUT2D eigenvalue weighted by molar-refractivity contribution is 0.575. The van der Waals surface area contributed by atoms with Crippen LogP contribution >= 0.6 is 31.9 Å². The van der Waals surface area contributed by atoms with Gasteiger partial charge in [-0.1, -0.05) is 70.0 Å². The van der Waals surface area contributed by atoms with Crippen molar-refractivity contribution in [1.29, 1.82) is 0 Å². The van der Waals surface area contributed by atoms with Gasteiger partial charge in [-0.2, -0.15) is 0 Å². The van der Waals surface area contributed by atoms with Gasteiger partial charge >= 0.3 is 0 Å². The number of allylic oxidation sites excluding steroid dienone is 1. The zero-order chi connectivity index (χ0) is 13.9. The Hall–Kier alpha value is 0.650. The molecule has 0 aliphatic heterocycles. The molecule has 0 saturated carbocycles. The van der Waals surface area contributed by atoms with Crippen molar-refractivity contribution in [1.82, 2.24) is 0 Å². The summed E-state index contributed by atoms with van der Waals surface area (Å²) in [4.78, 5) is 0.0980. The molecule has 0 bridgehead atoms. The smallest absolute Gasteiger partial charge is 0.161 e. The fraction of sp³-hybridized carbons (Fsp3) is 0.846. The second-order valence-corrected chi connectivity index (χ2v) is 9.31. The summed E-state index contributed by atoms with van der Waals surface area (Å²) < 4.78 is 22.8. The predicted molar refractivity (Wildman–Crippen MR) is 87.4 cm³/mol. The average Bonchev–Trinajstić information content (AvgIpc) is 2.32. The van der Waals surface area contributed by atoms with Crippen LogP contribution in [0, 0.1) is 0 Å². The summed E-state index contributed by atoms with van der Waals surface area (Å²) in [5, 5.41) is 0. The van der Waals surface area contributed by atoms with Crippen LogP contribution in [0.5, 0.6) is 0 Å². The second kappa shape index (κ2) is 11.5. The Morgan fingerprint density at radius 3 is 2.17 bits per heavy atom. The summed E-state index contributed by atoms with van der Waals surface area (Å²) in [6.07, 6.45) is 11.4. The molecule has 0 rings (SSSR count). The van der Waals surface area contributed by atoms with Crippen LogP contribution in [0.4, 0.5) is 0 Å². The number of sulfone groups is 1. The van der Waals surface area contributed by atoms with E-state index in [0.29, 0.717) is 0 Å². The van der Waals surface area contributed by atoms with Crippen LogP contribution in [-0.2, 0) is 9.84 Å². The topological polar surface area (TPSA) is 34.1 Å². The molecule has 0 spiro atoms. The lowest BCUT2D eigenvalue weighted by Gasteiger charge is -2.08. The van der Waals surface area contributed by atoms with E-state index in [1.165, 1.54) is 32.1 Å². The third-order valence-corrected chi connectivity index (χ3v) is 7.32. The summed E-state index contributed by atoms with van der Waals surface area (Å²) in [7, 11) is -2.92. The molecule has 1 unspecified atom stereocenters. The van der Waals surface area contributed by atoms with Gasteiger partial charge in [-0.05, 0) is 19.3 Å². The van der Waals surface area contributed by atoms with Crippen LogP contribution in [0.2, 0.25) is 0 Å². The highest BCUT2D eigenvalue weighted by atomic mass is 79.9. The first-order valence-corrected chi connectivity index (χ1v) is 10.4. The minimum Gasteiger partial charge on any atom is -0.228 e. The highest BCUT2D eigenvalue weighted by Crippen LogP contribution is 2.16. The molecule has 0 fully saturated rings. The van der Waals surface area contributed by atoms with E-state index in [4.69, 9.17) is 0 Å². The van der Waals surface area contributed by atoms with Gasteiger partial charge in [-0.25, -0.2) is 8.42 Å². The van der Waals surface area contributed by atoms with Crippen LogP contribution in [0.15, 0.2) is 12.7 Å². The first-order valence-electron chi connectivity index (χ1n) is 6.53. The van der Waals surface area contributed by atoms with E-state index >= 15 is 0 Å². The first kappa shape index (κ1) is 18.7. The molecule has 0 aliphatic rings. The van der Waals surface area contributed by atoms with Crippen molar-refractivity contribution in [3.63, 3.8) is 0 Å². The van der Waals surface area contributed by atoms with Gasteiger partial charge in [0.25, 0.3) is 0 Å². The second-order valence-electron chi connectivity index (χ2n) is 4.60. The molecule has 0 aromatic carbocycles. The number of hydrogen-bond donors (Lipinski definition) is 0. The van der Waals surface area contributed by atoms with Crippen LogP contribution < -0.4 is 0 Å². The first-order chi connectivity index (χ1) is 8.52. The van der Waals surface area contributed by atoms with Crippen molar-refractivity contribution >= 4 is 41.7 Å². The summed E-state index contributed by atoms with van der Waals surface area (Å²) in [6.45, 7) is 3.71. The Morgan fingerprint density at radius 1 is 1.06 bits per heavy atom. The summed E-state index contributed by atoms with van der Waals surface area (Å²) in [6, 6.07) is 0. The average molecular weight is 404 g/mol. The largest absolute Gasteiger partial charge is 0.228 e. The zero-order valence-electron chi connectivity index (χ0n) is 10.9. The van der Waals surface area contributed by atoms with E-state index in [1.807, 2.05) is 6.08 Å². The van der Waals surface area contributed by atoms with E-state index in [-0.39, 0.29) is 15.2 Å². The SMILES string of the molecule is C=CCCCCCCCCC(Br)CS(=O)(=O)CBr. The summed E-state index contributed by atoms with van der Waals surface area (Å²) in [5.74, 6) is 0.234. The standard InChI is InChI=1S/C13H24Br2O2S/c1-2-3-4-5-6-7-8-9-10-13(15)11-18(16,17)12-14/h2,13H,1,3-12H2. The van der Waals surface area contributed by atoms with Crippen molar-refractivity contribution < 1.29 is 8.42 Å². The molecule has 0 saturated heterocycles. The molecule has 0 aromatic rings. The van der Waals surface area contributed by atoms with Crippen molar-refractivity contribution in [2.75, 3.05) is 10.4 Å². The fourth-order valence-corrected chi connectivity index (χ4v) is 4.66. The van der Waals surface area contributed by atoms with Crippen molar-refractivity contribution in [2.45, 2.75) is 56.2 Å². The van der Waals surface area contributed by atoms with Crippen LogP contribution in [0.25, 0.3) is 0 Å². The van der Waals surface area contributed by atoms with E-state index in [0.717, 1.165) is 19.3 Å². The molecule has 0 amide bonds. The minimum absolute atomic E-state index is 0.0609. The zero-order valence-corrected chi connectivity index (χ0v) is 14.9. The van der Waals surface area contributed by atoms with Gasteiger partial charge in [-0.3, -0.25) is 0 Å². The lowest BCUT2D eigenvalue weighted by atomic mass is 10.1. The number of unbranched alkanes of at least 4 members (excludes halogenated alkanes) is 6. The quantitative estimate of drug-likeness (QED) is 0.266. The van der Waals surface area contributed by atoms with E-state index in [9.17, 15) is 8.42 Å². The molecule has 108 valence electrons. The lowest BCUT2D eigenvalue weighted by Crippen LogP contribution is -2.16. The van der Waals surface area contributed by atoms with Gasteiger partial charge in [0.15, 0.2) is 9.84 Å². The Kier molecular flexibility index (Phi) is 11.9. The Morgan fingerprint density at radius 2 is 1.61 bits per heavy atom. The monoisotopic (exact) mass is 402 g/mol. The maximum absolute atomic E-state index is 11.4. The molecule has 0 radical (unpaired) electrons. The van der Waals surface area contributed by atoms with E-state index in [2.05, 4.69) is 38.4 Å². The van der Waals surface area contributed by atoms with Crippen LogP contribution in [0.1, 0.15) is 51.4 Å². The highest BCUT2D eigenvalue weighted by molar-refractivity contribution is 9.11. The molecule has 0 heterocycles. The number of hydrogen-bond acceptors (Lipinski definition) is 2. The third-order valence-electron chi connectivity index (χ3n) is 2.78. The van der Waals surface area contributed by atoms with Gasteiger partial charge in [0.05, 0.1) is 5.75 Å².